The van der Waals surface area contributed by atoms with Crippen LogP contribution in [0.1, 0.15) is 10.4 Å². The molecule has 0 heterocycles. The molecular weight excluding hydrogens is 252 g/mol. The Morgan fingerprint density at radius 3 is 2.22 bits per heavy atom. The summed E-state index contributed by atoms with van der Waals surface area (Å²) in [7, 11) is 3.17. The summed E-state index contributed by atoms with van der Waals surface area (Å²) in [6, 6.07) is 9.17. The molecule has 0 aromatic heterocycles. The molecule has 4 heteroatoms. The van der Waals surface area contributed by atoms with Gasteiger partial charge in [0.1, 0.15) is 0 Å². The van der Waals surface area contributed by atoms with Crippen LogP contribution in [0.25, 0.3) is 10.8 Å². The smallest absolute Gasteiger partial charge is 0.177 e. The SMILES string of the molecule is COc1cc2ccc(C(=O)CCl)cc2cc1OC. The molecule has 0 atom stereocenters. The van der Waals surface area contributed by atoms with Gasteiger partial charge in [0.05, 0.1) is 20.1 Å². The summed E-state index contributed by atoms with van der Waals surface area (Å²) in [6.07, 6.45) is 0. The number of fused-ring (bicyclic) bond motifs is 1. The summed E-state index contributed by atoms with van der Waals surface area (Å²) >= 11 is 5.55. The first-order valence-electron chi connectivity index (χ1n) is 5.44. The first-order chi connectivity index (χ1) is 8.69. The van der Waals surface area contributed by atoms with Crippen molar-refractivity contribution in [3.8, 4) is 11.5 Å². The van der Waals surface area contributed by atoms with E-state index in [0.29, 0.717) is 17.1 Å². The van der Waals surface area contributed by atoms with Gasteiger partial charge in [-0.2, -0.15) is 0 Å². The molecule has 94 valence electrons. The number of ketones is 1. The first kappa shape index (κ1) is 12.7. The average Bonchev–Trinajstić information content (AvgIpc) is 2.44. The third kappa shape index (κ3) is 2.27. The maximum absolute atomic E-state index is 11.5. The number of carbonyl (C=O) groups excluding carboxylic acids is 1. The van der Waals surface area contributed by atoms with Crippen molar-refractivity contribution in [2.45, 2.75) is 0 Å². The zero-order valence-electron chi connectivity index (χ0n) is 10.2. The van der Waals surface area contributed by atoms with E-state index >= 15 is 0 Å². The number of hydrogen-bond acceptors (Lipinski definition) is 3. The van der Waals surface area contributed by atoms with Crippen molar-refractivity contribution < 1.29 is 14.3 Å². The largest absolute Gasteiger partial charge is 0.493 e. The lowest BCUT2D eigenvalue weighted by atomic mass is 10.0. The second kappa shape index (κ2) is 5.27. The summed E-state index contributed by atoms with van der Waals surface area (Å²) in [5.41, 5.74) is 0.602. The molecule has 0 radical (unpaired) electrons. The zero-order chi connectivity index (χ0) is 13.1. The van der Waals surface area contributed by atoms with Crippen LogP contribution < -0.4 is 9.47 Å². The number of rotatable bonds is 4. The highest BCUT2D eigenvalue weighted by Crippen LogP contribution is 2.32. The summed E-state index contributed by atoms with van der Waals surface area (Å²) < 4.78 is 10.5. The van der Waals surface area contributed by atoms with E-state index in [4.69, 9.17) is 21.1 Å². The van der Waals surface area contributed by atoms with Gasteiger partial charge in [-0.1, -0.05) is 12.1 Å². The van der Waals surface area contributed by atoms with Gasteiger partial charge in [-0.3, -0.25) is 4.79 Å². The van der Waals surface area contributed by atoms with Gasteiger partial charge in [0.25, 0.3) is 0 Å². The minimum atomic E-state index is -0.0895. The molecule has 0 aliphatic heterocycles. The van der Waals surface area contributed by atoms with E-state index in [9.17, 15) is 4.79 Å². The number of halogens is 1. The highest BCUT2D eigenvalue weighted by Gasteiger charge is 2.09. The Morgan fingerprint density at radius 2 is 1.67 bits per heavy atom. The van der Waals surface area contributed by atoms with Crippen molar-refractivity contribution in [1.29, 1.82) is 0 Å². The number of alkyl halides is 1. The number of Topliss-reactive ketones (excluding diaryl/α,β-unsaturated/α-hetero) is 1. The Labute approximate surface area is 110 Å². The predicted octanol–water partition coefficient (Wildman–Crippen LogP) is 3.28. The van der Waals surface area contributed by atoms with E-state index in [1.807, 2.05) is 24.3 Å². The molecule has 2 aromatic carbocycles. The van der Waals surface area contributed by atoms with Gasteiger partial charge < -0.3 is 9.47 Å². The molecule has 0 saturated carbocycles. The third-order valence-electron chi connectivity index (χ3n) is 2.79. The van der Waals surface area contributed by atoms with Gasteiger partial charge in [0.15, 0.2) is 17.3 Å². The fourth-order valence-corrected chi connectivity index (χ4v) is 1.98. The number of benzene rings is 2. The molecule has 3 nitrogen and oxygen atoms in total. The molecule has 2 aromatic rings. The fraction of sp³-hybridized carbons (Fsp3) is 0.214. The Bertz CT molecular complexity index is 593. The van der Waals surface area contributed by atoms with E-state index in [1.54, 1.807) is 20.3 Å². The summed E-state index contributed by atoms with van der Waals surface area (Å²) in [4.78, 5) is 11.5. The van der Waals surface area contributed by atoms with Crippen molar-refractivity contribution >= 4 is 28.2 Å². The van der Waals surface area contributed by atoms with Crippen LogP contribution in [0.3, 0.4) is 0 Å². The van der Waals surface area contributed by atoms with Crippen LogP contribution in [0, 0.1) is 0 Å². The van der Waals surface area contributed by atoms with E-state index in [1.165, 1.54) is 0 Å². The Kier molecular flexibility index (Phi) is 3.72. The molecule has 0 unspecified atom stereocenters. The molecule has 0 spiro atoms. The van der Waals surface area contributed by atoms with Crippen LogP contribution in [-0.2, 0) is 0 Å². The van der Waals surface area contributed by atoms with Gasteiger partial charge in [-0.15, -0.1) is 11.6 Å². The van der Waals surface area contributed by atoms with Crippen molar-refractivity contribution in [2.24, 2.45) is 0 Å². The van der Waals surface area contributed by atoms with Crippen molar-refractivity contribution in [1.82, 2.24) is 0 Å². The quantitative estimate of drug-likeness (QED) is 0.628. The van der Waals surface area contributed by atoms with E-state index in [2.05, 4.69) is 0 Å². The van der Waals surface area contributed by atoms with Crippen LogP contribution in [0.2, 0.25) is 0 Å². The minimum Gasteiger partial charge on any atom is -0.493 e. The maximum Gasteiger partial charge on any atom is 0.177 e. The lowest BCUT2D eigenvalue weighted by molar-refractivity contribution is 0.102. The van der Waals surface area contributed by atoms with E-state index < -0.39 is 0 Å². The minimum absolute atomic E-state index is 0.0151. The number of hydrogen-bond donors (Lipinski definition) is 0. The van der Waals surface area contributed by atoms with Gasteiger partial charge in [0.2, 0.25) is 0 Å². The van der Waals surface area contributed by atoms with Crippen LogP contribution in [0.15, 0.2) is 30.3 Å². The second-order valence-electron chi connectivity index (χ2n) is 3.83. The Hall–Kier alpha value is -1.74. The normalized spacial score (nSPS) is 10.4. The second-order valence-corrected chi connectivity index (χ2v) is 4.09. The van der Waals surface area contributed by atoms with Crippen LogP contribution in [0.5, 0.6) is 11.5 Å². The average molecular weight is 265 g/mol. The Balaban J connectivity index is 2.59. The topological polar surface area (TPSA) is 35.5 Å². The van der Waals surface area contributed by atoms with Crippen molar-refractivity contribution in [3.63, 3.8) is 0 Å². The maximum atomic E-state index is 11.5. The summed E-state index contributed by atoms with van der Waals surface area (Å²) in [5.74, 6) is 1.20. The van der Waals surface area contributed by atoms with Crippen molar-refractivity contribution in [2.75, 3.05) is 20.1 Å². The molecule has 0 fully saturated rings. The molecule has 0 aliphatic rings. The molecule has 0 amide bonds. The number of ether oxygens (including phenoxy) is 2. The van der Waals surface area contributed by atoms with Crippen molar-refractivity contribution in [3.05, 3.63) is 35.9 Å². The molecule has 2 rings (SSSR count). The van der Waals surface area contributed by atoms with Gasteiger partial charge in [0, 0.05) is 5.56 Å². The van der Waals surface area contributed by atoms with Gasteiger partial charge >= 0.3 is 0 Å². The lowest BCUT2D eigenvalue weighted by Crippen LogP contribution is -1.99. The Morgan fingerprint density at radius 1 is 1.06 bits per heavy atom. The highest BCUT2D eigenvalue weighted by atomic mass is 35.5. The summed E-state index contributed by atoms with van der Waals surface area (Å²) in [5, 5.41) is 1.90. The fourth-order valence-electron chi connectivity index (χ4n) is 1.83. The van der Waals surface area contributed by atoms with Crippen LogP contribution in [0.4, 0.5) is 0 Å². The van der Waals surface area contributed by atoms with E-state index in [0.717, 1.165) is 10.8 Å². The highest BCUT2D eigenvalue weighted by molar-refractivity contribution is 6.30. The predicted molar refractivity (Wildman–Crippen MR) is 72.1 cm³/mol. The monoisotopic (exact) mass is 264 g/mol. The third-order valence-corrected chi connectivity index (χ3v) is 3.03. The van der Waals surface area contributed by atoms with Crippen LogP contribution in [-0.4, -0.2) is 25.9 Å². The standard InChI is InChI=1S/C14H13ClO3/c1-17-13-6-9-3-4-10(12(16)8-15)5-11(9)7-14(13)18-2/h3-7H,8H2,1-2H3. The lowest BCUT2D eigenvalue weighted by Gasteiger charge is -2.09. The molecule has 18 heavy (non-hydrogen) atoms. The molecule has 0 bridgehead atoms. The van der Waals surface area contributed by atoms with Gasteiger partial charge in [-0.05, 0) is 29.0 Å². The van der Waals surface area contributed by atoms with E-state index in [-0.39, 0.29) is 11.7 Å². The number of carbonyl (C=O) groups is 1. The van der Waals surface area contributed by atoms with Gasteiger partial charge in [-0.25, -0.2) is 0 Å². The molecule has 0 aliphatic carbocycles. The van der Waals surface area contributed by atoms with Crippen LogP contribution >= 0.6 is 11.6 Å². The zero-order valence-corrected chi connectivity index (χ0v) is 11.0. The molecular formula is C14H13ClO3. The first-order valence-corrected chi connectivity index (χ1v) is 5.98. The molecule has 0 N–H and O–H groups in total. The molecule has 0 saturated heterocycles. The number of methoxy groups -OCH3 is 2. The summed E-state index contributed by atoms with van der Waals surface area (Å²) in [6.45, 7) is 0.